The molecule has 108 valence electrons. The maximum atomic E-state index is 10.9. The molecule has 0 unspecified atom stereocenters. The average Bonchev–Trinajstić information content (AvgIpc) is 3.02. The second kappa shape index (κ2) is 5.75. The van der Waals surface area contributed by atoms with Gasteiger partial charge in [0.25, 0.3) is 0 Å². The summed E-state index contributed by atoms with van der Waals surface area (Å²) in [7, 11) is 0. The molecule has 0 amide bonds. The largest absolute Gasteiger partial charge is 0.476 e. The van der Waals surface area contributed by atoms with Crippen LogP contribution >= 0.6 is 0 Å². The van der Waals surface area contributed by atoms with Gasteiger partial charge in [0.2, 0.25) is 0 Å². The van der Waals surface area contributed by atoms with Gasteiger partial charge < -0.3 is 10.0 Å². The molecule has 1 N–H and O–H groups in total. The summed E-state index contributed by atoms with van der Waals surface area (Å²) in [6.45, 7) is 3.86. The molecule has 1 aliphatic carbocycles. The molecule has 0 spiro atoms. The summed E-state index contributed by atoms with van der Waals surface area (Å²) in [6, 6.07) is 0.758. The van der Waals surface area contributed by atoms with Crippen LogP contribution in [0.25, 0.3) is 0 Å². The van der Waals surface area contributed by atoms with Gasteiger partial charge in [0.05, 0.1) is 12.4 Å². The van der Waals surface area contributed by atoms with E-state index in [1.54, 1.807) is 6.20 Å². The zero-order valence-corrected chi connectivity index (χ0v) is 11.5. The van der Waals surface area contributed by atoms with Crippen molar-refractivity contribution in [1.82, 2.24) is 14.9 Å². The van der Waals surface area contributed by atoms with Gasteiger partial charge in [-0.15, -0.1) is 0 Å². The average molecular weight is 276 g/mol. The number of aromatic nitrogens is 2. The first kappa shape index (κ1) is 13.3. The van der Waals surface area contributed by atoms with Crippen LogP contribution in [0.15, 0.2) is 12.4 Å². The number of carboxylic acids is 1. The molecule has 0 aromatic carbocycles. The number of rotatable bonds is 3. The van der Waals surface area contributed by atoms with Gasteiger partial charge in [-0.25, -0.2) is 9.78 Å². The maximum Gasteiger partial charge on any atom is 0.356 e. The molecule has 2 fully saturated rings. The fraction of sp³-hybridized carbons (Fsp3) is 0.643. The van der Waals surface area contributed by atoms with E-state index in [4.69, 9.17) is 5.11 Å². The fourth-order valence-corrected chi connectivity index (χ4v) is 3.20. The number of anilines is 1. The van der Waals surface area contributed by atoms with Crippen molar-refractivity contribution in [2.75, 3.05) is 31.1 Å². The van der Waals surface area contributed by atoms with Crippen molar-refractivity contribution in [3.63, 3.8) is 0 Å². The van der Waals surface area contributed by atoms with Gasteiger partial charge in [0, 0.05) is 32.2 Å². The summed E-state index contributed by atoms with van der Waals surface area (Å²) in [4.78, 5) is 23.8. The highest BCUT2D eigenvalue weighted by molar-refractivity contribution is 5.85. The molecule has 1 aromatic rings. The zero-order chi connectivity index (χ0) is 13.9. The molecule has 6 heteroatoms. The lowest BCUT2D eigenvalue weighted by Crippen LogP contribution is -2.50. The quantitative estimate of drug-likeness (QED) is 0.895. The van der Waals surface area contributed by atoms with Crippen molar-refractivity contribution >= 4 is 11.8 Å². The number of nitrogens with zero attached hydrogens (tertiary/aromatic N) is 4. The summed E-state index contributed by atoms with van der Waals surface area (Å²) < 4.78 is 0. The third kappa shape index (κ3) is 2.75. The molecule has 1 aliphatic heterocycles. The number of aromatic carboxylic acids is 1. The Morgan fingerprint density at radius 3 is 2.50 bits per heavy atom. The second-order valence-corrected chi connectivity index (χ2v) is 5.53. The molecular formula is C14H20N4O2. The predicted octanol–water partition coefficient (Wildman–Crippen LogP) is 1.24. The lowest BCUT2D eigenvalue weighted by atomic mass is 10.2. The third-order valence-electron chi connectivity index (χ3n) is 4.32. The molecule has 3 rings (SSSR count). The Balaban J connectivity index is 1.62. The van der Waals surface area contributed by atoms with Crippen LogP contribution in [0.2, 0.25) is 0 Å². The topological polar surface area (TPSA) is 69.6 Å². The summed E-state index contributed by atoms with van der Waals surface area (Å²) >= 11 is 0. The molecule has 0 atom stereocenters. The van der Waals surface area contributed by atoms with E-state index in [2.05, 4.69) is 19.8 Å². The Labute approximate surface area is 118 Å². The van der Waals surface area contributed by atoms with Crippen LogP contribution in [0.5, 0.6) is 0 Å². The highest BCUT2D eigenvalue weighted by Gasteiger charge is 2.26. The summed E-state index contributed by atoms with van der Waals surface area (Å²) in [6.07, 6.45) is 8.31. The number of carboxylic acid groups (broad SMARTS) is 1. The minimum atomic E-state index is -1.02. The van der Waals surface area contributed by atoms with Crippen molar-refractivity contribution in [2.24, 2.45) is 0 Å². The first-order valence-corrected chi connectivity index (χ1v) is 7.28. The molecule has 2 heterocycles. The normalized spacial score (nSPS) is 21.3. The van der Waals surface area contributed by atoms with Gasteiger partial charge in [-0.05, 0) is 12.8 Å². The van der Waals surface area contributed by atoms with Crippen molar-refractivity contribution in [2.45, 2.75) is 31.7 Å². The van der Waals surface area contributed by atoms with Gasteiger partial charge in [-0.1, -0.05) is 12.8 Å². The first-order valence-electron chi connectivity index (χ1n) is 7.28. The minimum absolute atomic E-state index is 0.0146. The van der Waals surface area contributed by atoms with Crippen LogP contribution in [0.1, 0.15) is 36.2 Å². The lowest BCUT2D eigenvalue weighted by molar-refractivity contribution is 0.0690. The number of piperazine rings is 1. The molecular weight excluding hydrogens is 256 g/mol. The van der Waals surface area contributed by atoms with Gasteiger partial charge in [0.1, 0.15) is 5.82 Å². The van der Waals surface area contributed by atoms with Crippen LogP contribution in [0.3, 0.4) is 0 Å². The lowest BCUT2D eigenvalue weighted by Gasteiger charge is -2.38. The smallest absolute Gasteiger partial charge is 0.356 e. The first-order chi connectivity index (χ1) is 9.74. The number of hydrogen-bond acceptors (Lipinski definition) is 5. The van der Waals surface area contributed by atoms with Gasteiger partial charge in [-0.2, -0.15) is 0 Å². The highest BCUT2D eigenvalue weighted by Crippen LogP contribution is 2.25. The predicted molar refractivity (Wildman–Crippen MR) is 75.0 cm³/mol. The summed E-state index contributed by atoms with van der Waals surface area (Å²) in [5.41, 5.74) is 0.0146. The van der Waals surface area contributed by atoms with Crippen molar-refractivity contribution in [3.05, 3.63) is 18.1 Å². The van der Waals surface area contributed by atoms with E-state index in [0.29, 0.717) is 5.82 Å². The van der Waals surface area contributed by atoms with Crippen LogP contribution in [-0.4, -0.2) is 58.2 Å². The van der Waals surface area contributed by atoms with E-state index in [-0.39, 0.29) is 5.69 Å². The van der Waals surface area contributed by atoms with Crippen LogP contribution < -0.4 is 4.90 Å². The van der Waals surface area contributed by atoms with E-state index in [1.807, 2.05) is 0 Å². The van der Waals surface area contributed by atoms with Crippen LogP contribution in [0.4, 0.5) is 5.82 Å². The van der Waals surface area contributed by atoms with Gasteiger partial charge >= 0.3 is 5.97 Å². The summed E-state index contributed by atoms with van der Waals surface area (Å²) in [5, 5.41) is 8.96. The highest BCUT2D eigenvalue weighted by atomic mass is 16.4. The Hall–Kier alpha value is -1.69. The van der Waals surface area contributed by atoms with E-state index in [0.717, 1.165) is 32.2 Å². The van der Waals surface area contributed by atoms with E-state index < -0.39 is 5.97 Å². The Morgan fingerprint density at radius 2 is 1.85 bits per heavy atom. The van der Waals surface area contributed by atoms with Gasteiger partial charge in [-0.3, -0.25) is 9.88 Å². The second-order valence-electron chi connectivity index (χ2n) is 5.53. The molecule has 1 aromatic heterocycles. The van der Waals surface area contributed by atoms with Crippen molar-refractivity contribution in [1.29, 1.82) is 0 Å². The molecule has 20 heavy (non-hydrogen) atoms. The van der Waals surface area contributed by atoms with E-state index in [9.17, 15) is 4.79 Å². The maximum absolute atomic E-state index is 10.9. The van der Waals surface area contributed by atoms with E-state index in [1.165, 1.54) is 31.9 Å². The SMILES string of the molecule is O=C(O)c1cncc(N2CCN(C3CCCC3)CC2)n1. The van der Waals surface area contributed by atoms with Crippen molar-refractivity contribution < 1.29 is 9.90 Å². The number of carbonyl (C=O) groups is 1. The van der Waals surface area contributed by atoms with Crippen LogP contribution in [-0.2, 0) is 0 Å². The monoisotopic (exact) mass is 276 g/mol. The molecule has 6 nitrogen and oxygen atoms in total. The Kier molecular flexibility index (Phi) is 3.82. The zero-order valence-electron chi connectivity index (χ0n) is 11.5. The van der Waals surface area contributed by atoms with Gasteiger partial charge in [0.15, 0.2) is 5.69 Å². The Morgan fingerprint density at radius 1 is 1.15 bits per heavy atom. The summed E-state index contributed by atoms with van der Waals surface area (Å²) in [5.74, 6) is -0.347. The van der Waals surface area contributed by atoms with Crippen molar-refractivity contribution in [3.8, 4) is 0 Å². The fourth-order valence-electron chi connectivity index (χ4n) is 3.20. The molecule has 2 aliphatic rings. The minimum Gasteiger partial charge on any atom is -0.476 e. The van der Waals surface area contributed by atoms with Crippen LogP contribution in [0, 0.1) is 0 Å². The van der Waals surface area contributed by atoms with E-state index >= 15 is 0 Å². The molecule has 1 saturated heterocycles. The molecule has 0 radical (unpaired) electrons. The standard InChI is InChI=1S/C14H20N4O2/c19-14(20)12-9-15-10-13(16-12)18-7-5-17(6-8-18)11-3-1-2-4-11/h9-11H,1-8H2,(H,19,20). The number of hydrogen-bond donors (Lipinski definition) is 1. The molecule has 1 saturated carbocycles. The third-order valence-corrected chi connectivity index (χ3v) is 4.32. The molecule has 0 bridgehead atoms. The Bertz CT molecular complexity index is 480.